The van der Waals surface area contributed by atoms with E-state index in [1.807, 2.05) is 6.92 Å². The van der Waals surface area contributed by atoms with E-state index in [2.05, 4.69) is 9.84 Å². The van der Waals surface area contributed by atoms with Crippen LogP contribution < -0.4 is 0 Å². The van der Waals surface area contributed by atoms with Crippen LogP contribution in [0.5, 0.6) is 0 Å². The quantitative estimate of drug-likeness (QED) is 0.430. The minimum atomic E-state index is -0.818. The number of hydrogen-bond donors (Lipinski definition) is 0. The van der Waals surface area contributed by atoms with Crippen LogP contribution >= 0.6 is 0 Å². The molecule has 5 heteroatoms. The van der Waals surface area contributed by atoms with Crippen molar-refractivity contribution in [3.63, 3.8) is 0 Å². The summed E-state index contributed by atoms with van der Waals surface area (Å²) in [6, 6.07) is 0. The lowest BCUT2D eigenvalue weighted by Gasteiger charge is -1.98. The number of aryl methyl sites for hydroxylation is 2. The van der Waals surface area contributed by atoms with E-state index < -0.39 is 11.8 Å². The Hall–Kier alpha value is -1.65. The van der Waals surface area contributed by atoms with Gasteiger partial charge in [0.2, 0.25) is 0 Å². The predicted molar refractivity (Wildman–Crippen MR) is 58.2 cm³/mol. The Balaban J connectivity index is 2.86. The molecule has 0 N–H and O–H groups in total. The van der Waals surface area contributed by atoms with Gasteiger partial charge in [0.25, 0.3) is 5.78 Å². The van der Waals surface area contributed by atoms with Crippen LogP contribution in [0.4, 0.5) is 0 Å². The molecule has 0 spiro atoms. The van der Waals surface area contributed by atoms with E-state index in [4.69, 9.17) is 0 Å². The fourth-order valence-electron chi connectivity index (χ4n) is 1.39. The minimum Gasteiger partial charge on any atom is -0.460 e. The van der Waals surface area contributed by atoms with E-state index in [0.29, 0.717) is 11.3 Å². The van der Waals surface area contributed by atoms with Crippen LogP contribution in [0, 0.1) is 6.92 Å². The predicted octanol–water partition coefficient (Wildman–Crippen LogP) is 1.35. The van der Waals surface area contributed by atoms with Gasteiger partial charge in [-0.3, -0.25) is 9.48 Å². The Kier molecular flexibility index (Phi) is 4.22. The first-order valence-electron chi connectivity index (χ1n) is 5.35. The molecule has 0 bridgehead atoms. The second-order valence-electron chi connectivity index (χ2n) is 3.44. The van der Waals surface area contributed by atoms with Gasteiger partial charge in [0.1, 0.15) is 0 Å². The first kappa shape index (κ1) is 12.4. The van der Waals surface area contributed by atoms with Crippen LogP contribution in [0.1, 0.15) is 36.3 Å². The lowest BCUT2D eigenvalue weighted by Crippen LogP contribution is -2.17. The number of rotatable bonds is 5. The van der Waals surface area contributed by atoms with Crippen molar-refractivity contribution in [3.8, 4) is 0 Å². The van der Waals surface area contributed by atoms with Crippen LogP contribution in [-0.2, 0) is 16.1 Å². The van der Waals surface area contributed by atoms with Gasteiger partial charge >= 0.3 is 5.97 Å². The number of ketones is 1. The average molecular weight is 224 g/mol. The maximum Gasteiger partial charge on any atom is 0.379 e. The van der Waals surface area contributed by atoms with Crippen LogP contribution in [-0.4, -0.2) is 28.1 Å². The highest BCUT2D eigenvalue weighted by atomic mass is 16.5. The summed E-state index contributed by atoms with van der Waals surface area (Å²) in [7, 11) is 0. The van der Waals surface area contributed by atoms with Gasteiger partial charge in [0.05, 0.1) is 17.9 Å². The fraction of sp³-hybridized carbons (Fsp3) is 0.545. The molecule has 1 rings (SSSR count). The Labute approximate surface area is 94.4 Å². The largest absolute Gasteiger partial charge is 0.460 e. The third kappa shape index (κ3) is 2.68. The number of nitrogens with zero attached hydrogens (tertiary/aromatic N) is 2. The maximum atomic E-state index is 11.6. The van der Waals surface area contributed by atoms with Crippen LogP contribution in [0.25, 0.3) is 0 Å². The molecule has 5 nitrogen and oxygen atoms in total. The number of carbonyl (C=O) groups excluding carboxylic acids is 2. The molecule has 16 heavy (non-hydrogen) atoms. The molecule has 0 aliphatic heterocycles. The van der Waals surface area contributed by atoms with Gasteiger partial charge < -0.3 is 4.74 Å². The normalized spacial score (nSPS) is 10.2. The summed E-state index contributed by atoms with van der Waals surface area (Å²) in [5, 5.41) is 4.15. The van der Waals surface area contributed by atoms with Crippen LogP contribution in [0.15, 0.2) is 6.20 Å². The molecule has 0 saturated carbocycles. The van der Waals surface area contributed by atoms with Gasteiger partial charge in [-0.1, -0.05) is 6.92 Å². The monoisotopic (exact) mass is 224 g/mol. The molecule has 0 saturated heterocycles. The van der Waals surface area contributed by atoms with Crippen LogP contribution in [0.2, 0.25) is 0 Å². The summed E-state index contributed by atoms with van der Waals surface area (Å²) >= 11 is 0. The molecule has 0 amide bonds. The highest BCUT2D eigenvalue weighted by Gasteiger charge is 2.21. The summed E-state index contributed by atoms with van der Waals surface area (Å²) < 4.78 is 6.33. The van der Waals surface area contributed by atoms with E-state index in [-0.39, 0.29) is 6.61 Å². The zero-order valence-corrected chi connectivity index (χ0v) is 9.82. The van der Waals surface area contributed by atoms with Gasteiger partial charge in [-0.05, 0) is 20.3 Å². The van der Waals surface area contributed by atoms with Crippen molar-refractivity contribution >= 4 is 11.8 Å². The van der Waals surface area contributed by atoms with Crippen LogP contribution in [0.3, 0.4) is 0 Å². The zero-order valence-electron chi connectivity index (χ0n) is 9.82. The van der Waals surface area contributed by atoms with Crippen molar-refractivity contribution in [2.45, 2.75) is 33.7 Å². The maximum absolute atomic E-state index is 11.6. The molecule has 1 aromatic heterocycles. The first-order chi connectivity index (χ1) is 7.60. The van der Waals surface area contributed by atoms with Crippen molar-refractivity contribution in [2.24, 2.45) is 0 Å². The van der Waals surface area contributed by atoms with Crippen molar-refractivity contribution in [3.05, 3.63) is 17.5 Å². The first-order valence-corrected chi connectivity index (χ1v) is 5.35. The smallest absolute Gasteiger partial charge is 0.379 e. The number of Topliss-reactive ketones (excluding diaryl/α,β-unsaturated/α-hetero) is 1. The van der Waals surface area contributed by atoms with Gasteiger partial charge in [0.15, 0.2) is 0 Å². The Bertz CT molecular complexity index is 396. The molecule has 0 aromatic carbocycles. The van der Waals surface area contributed by atoms with Crippen molar-refractivity contribution < 1.29 is 14.3 Å². The van der Waals surface area contributed by atoms with Crippen molar-refractivity contribution in [2.75, 3.05) is 6.61 Å². The second kappa shape index (κ2) is 5.44. The number of ether oxygens (including phenoxy) is 1. The lowest BCUT2D eigenvalue weighted by molar-refractivity contribution is -0.137. The minimum absolute atomic E-state index is 0.201. The molecule has 0 radical (unpaired) electrons. The molecule has 0 aliphatic carbocycles. The molecule has 1 heterocycles. The highest BCUT2D eigenvalue weighted by molar-refractivity contribution is 6.40. The van der Waals surface area contributed by atoms with E-state index in [1.165, 1.54) is 0 Å². The van der Waals surface area contributed by atoms with Crippen molar-refractivity contribution in [1.29, 1.82) is 0 Å². The number of carbonyl (C=O) groups is 2. The number of esters is 1. The molecule has 0 aliphatic rings. The molecular weight excluding hydrogens is 208 g/mol. The Morgan fingerprint density at radius 1 is 1.44 bits per heavy atom. The topological polar surface area (TPSA) is 61.2 Å². The lowest BCUT2D eigenvalue weighted by atomic mass is 10.2. The van der Waals surface area contributed by atoms with E-state index in [1.54, 1.807) is 24.7 Å². The van der Waals surface area contributed by atoms with E-state index >= 15 is 0 Å². The standard InChI is InChI=1S/C11H16N2O3/c1-4-6-13-7-9(8(3)12-13)10(14)11(15)16-5-2/h7H,4-6H2,1-3H3. The third-order valence-corrected chi connectivity index (χ3v) is 2.10. The third-order valence-electron chi connectivity index (χ3n) is 2.10. The SMILES string of the molecule is CCCn1cc(C(=O)C(=O)OCC)c(C)n1. The molecule has 0 fully saturated rings. The van der Waals surface area contributed by atoms with Gasteiger partial charge in [-0.15, -0.1) is 0 Å². The van der Waals surface area contributed by atoms with Gasteiger partial charge in [-0.25, -0.2) is 4.79 Å². The fourth-order valence-corrected chi connectivity index (χ4v) is 1.39. The molecule has 0 unspecified atom stereocenters. The van der Waals surface area contributed by atoms with E-state index in [0.717, 1.165) is 13.0 Å². The molecular formula is C11H16N2O3. The molecule has 0 atom stereocenters. The summed E-state index contributed by atoms with van der Waals surface area (Å²) in [5.41, 5.74) is 0.887. The van der Waals surface area contributed by atoms with Gasteiger partial charge in [0, 0.05) is 12.7 Å². The Morgan fingerprint density at radius 2 is 2.12 bits per heavy atom. The summed E-state index contributed by atoms with van der Waals surface area (Å²) in [4.78, 5) is 22.9. The summed E-state index contributed by atoms with van der Waals surface area (Å²) in [6.45, 7) is 6.32. The zero-order chi connectivity index (χ0) is 12.1. The number of aromatic nitrogens is 2. The second-order valence-corrected chi connectivity index (χ2v) is 3.44. The van der Waals surface area contributed by atoms with Gasteiger partial charge in [-0.2, -0.15) is 5.10 Å². The Morgan fingerprint density at radius 3 is 2.69 bits per heavy atom. The number of hydrogen-bond acceptors (Lipinski definition) is 4. The highest BCUT2D eigenvalue weighted by Crippen LogP contribution is 2.08. The molecule has 88 valence electrons. The van der Waals surface area contributed by atoms with E-state index in [9.17, 15) is 9.59 Å². The van der Waals surface area contributed by atoms with Crippen molar-refractivity contribution in [1.82, 2.24) is 9.78 Å². The summed E-state index contributed by atoms with van der Waals surface area (Å²) in [5.74, 6) is -1.44. The average Bonchev–Trinajstić information content (AvgIpc) is 2.59. The molecule has 1 aromatic rings. The summed E-state index contributed by atoms with van der Waals surface area (Å²) in [6.07, 6.45) is 2.52.